The van der Waals surface area contributed by atoms with Crippen LogP contribution in [0.25, 0.3) is 0 Å². The first-order chi connectivity index (χ1) is 10.1. The first-order valence-corrected chi connectivity index (χ1v) is 7.90. The van der Waals surface area contributed by atoms with E-state index in [0.717, 1.165) is 25.1 Å². The van der Waals surface area contributed by atoms with E-state index in [9.17, 15) is 4.79 Å². The molecule has 0 fully saturated rings. The summed E-state index contributed by atoms with van der Waals surface area (Å²) in [7, 11) is 0. The number of unbranched alkanes of at least 4 members (excludes halogenated alkanes) is 1. The lowest BCUT2D eigenvalue weighted by molar-refractivity contribution is 0.0945. The molecule has 1 rings (SSSR count). The van der Waals surface area contributed by atoms with E-state index in [4.69, 9.17) is 5.84 Å². The van der Waals surface area contributed by atoms with Crippen molar-refractivity contribution in [2.45, 2.75) is 52.9 Å². The van der Waals surface area contributed by atoms with Crippen molar-refractivity contribution in [3.8, 4) is 0 Å². The van der Waals surface area contributed by atoms with Gasteiger partial charge >= 0.3 is 0 Å². The maximum Gasteiger partial charge on any atom is 0.251 e. The third-order valence-electron chi connectivity index (χ3n) is 3.75. The van der Waals surface area contributed by atoms with Crippen molar-refractivity contribution < 1.29 is 4.79 Å². The van der Waals surface area contributed by atoms with Crippen molar-refractivity contribution in [3.63, 3.8) is 0 Å². The quantitative estimate of drug-likeness (QED) is 0.483. The molecule has 0 aromatic carbocycles. The molecule has 0 spiro atoms. The highest BCUT2D eigenvalue weighted by Crippen LogP contribution is 2.13. The van der Waals surface area contributed by atoms with E-state index < -0.39 is 0 Å². The number of carbonyl (C=O) groups is 1. The number of anilines is 1. The second-order valence-electron chi connectivity index (χ2n) is 5.36. The highest BCUT2D eigenvalue weighted by atomic mass is 16.1. The lowest BCUT2D eigenvalue weighted by atomic mass is 9.99. The van der Waals surface area contributed by atoms with Crippen LogP contribution in [0.2, 0.25) is 0 Å². The SMILES string of the molecule is CCCCC(CC)CNC(=O)c1cc(CC)nc(NN)c1. The van der Waals surface area contributed by atoms with Gasteiger partial charge < -0.3 is 10.7 Å². The molecular weight excluding hydrogens is 264 g/mol. The van der Waals surface area contributed by atoms with E-state index in [1.54, 1.807) is 6.07 Å². The largest absolute Gasteiger partial charge is 0.352 e. The van der Waals surface area contributed by atoms with Gasteiger partial charge in [-0.3, -0.25) is 4.79 Å². The number of hydrogen-bond acceptors (Lipinski definition) is 4. The summed E-state index contributed by atoms with van der Waals surface area (Å²) < 4.78 is 0. The Bertz CT molecular complexity index is 426. The summed E-state index contributed by atoms with van der Waals surface area (Å²) in [5, 5.41) is 3.03. The Morgan fingerprint density at radius 2 is 2.10 bits per heavy atom. The van der Waals surface area contributed by atoms with Gasteiger partial charge in [-0.2, -0.15) is 0 Å². The zero-order valence-corrected chi connectivity index (χ0v) is 13.4. The molecule has 1 atom stereocenters. The molecule has 1 heterocycles. The van der Waals surface area contributed by atoms with E-state index in [0.29, 0.717) is 17.3 Å². The molecule has 118 valence electrons. The molecule has 1 unspecified atom stereocenters. The van der Waals surface area contributed by atoms with Crippen LogP contribution in [-0.4, -0.2) is 17.4 Å². The Kier molecular flexibility index (Phi) is 7.75. The summed E-state index contributed by atoms with van der Waals surface area (Å²) >= 11 is 0. The summed E-state index contributed by atoms with van der Waals surface area (Å²) in [6.07, 6.45) is 5.43. The van der Waals surface area contributed by atoms with E-state index in [1.165, 1.54) is 19.3 Å². The van der Waals surface area contributed by atoms with Crippen LogP contribution in [0.4, 0.5) is 5.82 Å². The number of aromatic nitrogens is 1. The molecule has 21 heavy (non-hydrogen) atoms. The number of pyridine rings is 1. The Morgan fingerprint density at radius 3 is 2.67 bits per heavy atom. The standard InChI is InChI=1S/C16H28N4O/c1-4-7-8-12(5-2)11-18-16(21)13-9-14(6-3)19-15(10-13)20-17/h9-10,12H,4-8,11,17H2,1-3H3,(H,18,21)(H,19,20). The van der Waals surface area contributed by atoms with Gasteiger partial charge in [0.1, 0.15) is 5.82 Å². The predicted molar refractivity (Wildman–Crippen MR) is 87.1 cm³/mol. The average Bonchev–Trinajstić information content (AvgIpc) is 2.54. The minimum absolute atomic E-state index is 0.0569. The fourth-order valence-electron chi connectivity index (χ4n) is 2.26. The van der Waals surface area contributed by atoms with Crippen LogP contribution in [0.1, 0.15) is 62.5 Å². The first kappa shape index (κ1) is 17.4. The molecule has 5 nitrogen and oxygen atoms in total. The number of hydrogen-bond donors (Lipinski definition) is 3. The lowest BCUT2D eigenvalue weighted by Gasteiger charge is -2.15. The maximum atomic E-state index is 12.3. The van der Waals surface area contributed by atoms with E-state index in [-0.39, 0.29) is 5.91 Å². The molecule has 0 aliphatic carbocycles. The van der Waals surface area contributed by atoms with Gasteiger partial charge in [0.25, 0.3) is 5.91 Å². The molecule has 0 radical (unpaired) electrons. The van der Waals surface area contributed by atoms with Crippen molar-refractivity contribution in [1.29, 1.82) is 0 Å². The molecule has 5 heteroatoms. The van der Waals surface area contributed by atoms with Crippen LogP contribution in [0.5, 0.6) is 0 Å². The zero-order valence-electron chi connectivity index (χ0n) is 13.4. The van der Waals surface area contributed by atoms with Crippen LogP contribution < -0.4 is 16.6 Å². The molecule has 1 aromatic heterocycles. The van der Waals surface area contributed by atoms with Gasteiger partial charge in [-0.25, -0.2) is 10.8 Å². The molecule has 1 amide bonds. The minimum Gasteiger partial charge on any atom is -0.352 e. The van der Waals surface area contributed by atoms with E-state index in [2.05, 4.69) is 29.6 Å². The second kappa shape index (κ2) is 9.34. The number of amides is 1. The second-order valence-corrected chi connectivity index (χ2v) is 5.36. The number of nitrogen functional groups attached to an aromatic ring is 1. The highest BCUT2D eigenvalue weighted by Gasteiger charge is 2.12. The Morgan fingerprint density at radius 1 is 1.33 bits per heavy atom. The molecule has 0 aliphatic heterocycles. The van der Waals surface area contributed by atoms with Gasteiger partial charge in [0.05, 0.1) is 0 Å². The number of nitrogens with two attached hydrogens (primary N) is 1. The summed E-state index contributed by atoms with van der Waals surface area (Å²) in [6, 6.07) is 3.50. The van der Waals surface area contributed by atoms with Crippen molar-refractivity contribution in [1.82, 2.24) is 10.3 Å². The molecular formula is C16H28N4O. The third kappa shape index (κ3) is 5.71. The lowest BCUT2D eigenvalue weighted by Crippen LogP contribution is -2.29. The molecule has 0 saturated carbocycles. The summed E-state index contributed by atoms with van der Waals surface area (Å²) in [5.41, 5.74) is 3.98. The van der Waals surface area contributed by atoms with Gasteiger partial charge in [-0.1, -0.05) is 40.0 Å². The monoisotopic (exact) mass is 292 g/mol. The Balaban J connectivity index is 2.66. The summed E-state index contributed by atoms with van der Waals surface area (Å²) in [4.78, 5) is 16.6. The fraction of sp³-hybridized carbons (Fsp3) is 0.625. The maximum absolute atomic E-state index is 12.3. The molecule has 0 saturated heterocycles. The number of rotatable bonds is 9. The minimum atomic E-state index is -0.0569. The topological polar surface area (TPSA) is 80.0 Å². The third-order valence-corrected chi connectivity index (χ3v) is 3.75. The van der Waals surface area contributed by atoms with Gasteiger partial charge in [-0.05, 0) is 30.9 Å². The van der Waals surface area contributed by atoms with Crippen LogP contribution in [0.15, 0.2) is 12.1 Å². The zero-order chi connectivity index (χ0) is 15.7. The number of aryl methyl sites for hydroxylation is 1. The van der Waals surface area contributed by atoms with Crippen LogP contribution in [-0.2, 0) is 6.42 Å². The molecule has 0 aliphatic rings. The highest BCUT2D eigenvalue weighted by molar-refractivity contribution is 5.95. The van der Waals surface area contributed by atoms with Crippen LogP contribution in [0.3, 0.4) is 0 Å². The van der Waals surface area contributed by atoms with Gasteiger partial charge in [0.15, 0.2) is 0 Å². The van der Waals surface area contributed by atoms with E-state index >= 15 is 0 Å². The van der Waals surface area contributed by atoms with Crippen LogP contribution in [0, 0.1) is 5.92 Å². The van der Waals surface area contributed by atoms with Gasteiger partial charge in [-0.15, -0.1) is 0 Å². The number of nitrogens with zero attached hydrogens (tertiary/aromatic N) is 1. The summed E-state index contributed by atoms with van der Waals surface area (Å²) in [6.45, 7) is 7.09. The predicted octanol–water partition coefficient (Wildman–Crippen LogP) is 2.88. The van der Waals surface area contributed by atoms with Crippen molar-refractivity contribution in [2.75, 3.05) is 12.0 Å². The van der Waals surface area contributed by atoms with Crippen molar-refractivity contribution >= 4 is 11.7 Å². The first-order valence-electron chi connectivity index (χ1n) is 7.90. The Labute approximate surface area is 127 Å². The number of carbonyl (C=O) groups excluding carboxylic acids is 1. The average molecular weight is 292 g/mol. The van der Waals surface area contributed by atoms with E-state index in [1.807, 2.05) is 13.0 Å². The number of nitrogens with one attached hydrogen (secondary N) is 2. The van der Waals surface area contributed by atoms with Gasteiger partial charge in [0, 0.05) is 17.8 Å². The molecule has 1 aromatic rings. The Hall–Kier alpha value is -1.62. The van der Waals surface area contributed by atoms with Crippen molar-refractivity contribution in [2.24, 2.45) is 11.8 Å². The fourth-order valence-corrected chi connectivity index (χ4v) is 2.26. The molecule has 0 bridgehead atoms. The normalized spacial score (nSPS) is 12.0. The van der Waals surface area contributed by atoms with Crippen LogP contribution >= 0.6 is 0 Å². The van der Waals surface area contributed by atoms with Gasteiger partial charge in [0.2, 0.25) is 0 Å². The molecule has 4 N–H and O–H groups in total. The number of hydrazine groups is 1. The smallest absolute Gasteiger partial charge is 0.251 e. The van der Waals surface area contributed by atoms with Crippen molar-refractivity contribution in [3.05, 3.63) is 23.4 Å². The summed E-state index contributed by atoms with van der Waals surface area (Å²) in [5.74, 6) is 6.41.